The van der Waals surface area contributed by atoms with Gasteiger partial charge in [-0.2, -0.15) is 13.2 Å². The fourth-order valence-corrected chi connectivity index (χ4v) is 17.9. The number of amides is 12. The van der Waals surface area contributed by atoms with E-state index >= 15 is 28.8 Å². The number of alkyl halides is 4. The molecule has 5 unspecified atom stereocenters. The zero-order valence-electron chi connectivity index (χ0n) is 61.3. The Labute approximate surface area is 599 Å². The van der Waals surface area contributed by atoms with Crippen molar-refractivity contribution in [2.75, 3.05) is 88.7 Å². The lowest BCUT2D eigenvalue weighted by Gasteiger charge is -2.44. The van der Waals surface area contributed by atoms with E-state index in [2.05, 4.69) is 16.0 Å². The minimum absolute atomic E-state index is 0.000367. The molecule has 4 heterocycles. The van der Waals surface area contributed by atoms with E-state index in [-0.39, 0.29) is 108 Å². The number of nitrogens with zero attached hydrogens (tertiary/aromatic N) is 9. The molecule has 8 rings (SSSR count). The second-order valence-corrected chi connectivity index (χ2v) is 31.4. The van der Waals surface area contributed by atoms with Gasteiger partial charge in [-0.15, -0.1) is 11.6 Å². The summed E-state index contributed by atoms with van der Waals surface area (Å²) < 4.78 is 47.9. The molecular weight excluding hydrogens is 1330 g/mol. The zero-order chi connectivity index (χ0) is 73.9. The molecule has 2 bridgehead atoms. The summed E-state index contributed by atoms with van der Waals surface area (Å²) in [7, 11) is 10.1. The normalized spacial score (nSPS) is 31.7. The number of hydrogen-bond acceptors (Lipinski definition) is 13. The van der Waals surface area contributed by atoms with Crippen LogP contribution in [-0.2, 0) is 62.3 Å². The first kappa shape index (κ1) is 80.4. The van der Waals surface area contributed by atoms with Crippen molar-refractivity contribution in [3.63, 3.8) is 0 Å². The summed E-state index contributed by atoms with van der Waals surface area (Å²) in [5.74, 6) is -10.4. The summed E-state index contributed by atoms with van der Waals surface area (Å²) in [6.45, 7) is 4.38. The van der Waals surface area contributed by atoms with E-state index in [1.54, 1.807) is 11.8 Å². The molecule has 3 N–H and O–H groups in total. The van der Waals surface area contributed by atoms with E-state index in [9.17, 15) is 41.9 Å². The van der Waals surface area contributed by atoms with Crippen molar-refractivity contribution >= 4 is 82.5 Å². The molecule has 4 aliphatic heterocycles. The molecule has 12 amide bonds. The molecule has 4 saturated heterocycles. The second kappa shape index (κ2) is 35.4. The molecular formula is C72H114ClF3N12O13. The van der Waals surface area contributed by atoms with Gasteiger partial charge in [0.1, 0.15) is 47.8 Å². The number of halogens is 4. The molecule has 8 aliphatic rings. The Morgan fingerprint density at radius 2 is 1.22 bits per heavy atom. The number of carbonyl (C=O) groups is 12. The highest BCUT2D eigenvalue weighted by Gasteiger charge is 2.53. The number of carbonyl (C=O) groups excluding carboxylic acids is 12. The van der Waals surface area contributed by atoms with E-state index in [1.807, 2.05) is 13.8 Å². The minimum atomic E-state index is -4.51. The molecule has 1 spiro atoms. The molecule has 13 atom stereocenters. The molecule has 4 aliphatic carbocycles. The van der Waals surface area contributed by atoms with Gasteiger partial charge in [-0.3, -0.25) is 57.5 Å². The molecule has 101 heavy (non-hydrogen) atoms. The van der Waals surface area contributed by atoms with Crippen LogP contribution in [0.25, 0.3) is 0 Å². The Hall–Kier alpha value is -6.32. The molecule has 0 radical (unpaired) electrons. The predicted octanol–water partition coefficient (Wildman–Crippen LogP) is 5.23. The third-order valence-electron chi connectivity index (χ3n) is 23.9. The minimum Gasteiger partial charge on any atom is -0.377 e. The summed E-state index contributed by atoms with van der Waals surface area (Å²) in [6, 6.07) is -9.24. The van der Waals surface area contributed by atoms with E-state index in [0.29, 0.717) is 57.8 Å². The van der Waals surface area contributed by atoms with Gasteiger partial charge in [0, 0.05) is 61.3 Å². The molecule has 8 fully saturated rings. The van der Waals surface area contributed by atoms with Crippen LogP contribution in [0.3, 0.4) is 0 Å². The number of nitrogens with one attached hydrogen (secondary N) is 3. The van der Waals surface area contributed by atoms with Crippen molar-refractivity contribution < 1.29 is 75.4 Å². The standard InChI is InChI=1S/C72H114ClF3N12O13/c1-11-21-53-63(93)78-61(44(3)12-2)68(98)82(6)40-59(91)80(4)41-60(92)84(8)55(37-45-22-16-17-23-45)66(96)81(5)39-57(89)77-52(32-28-46-27-31-50(51(73)36-46)72(74,75)76)65(95)87-35-20-26-54(87)64(94)79-71(33-18-19-34-71)70(100)86(10)62(47-24-14-13-15-25-47)69(99)85(9)56(38-58(90)83(53)7)67(97)88-48-29-30-49(88)43-101-42-48/h44-56,61-62H,11-43H2,1-10H3,(H,77,89)(H,78,93)(H,79,94)/t44-,46?,48?,49?,50?,51?,52-,53-,54-,55-,56-,61-,62-/m0/s1. The monoisotopic (exact) mass is 1450 g/mol. The first-order chi connectivity index (χ1) is 47.8. The van der Waals surface area contributed by atoms with Crippen molar-refractivity contribution in [2.24, 2.45) is 29.6 Å². The average Bonchev–Trinajstić information content (AvgIpc) is 1.75. The van der Waals surface area contributed by atoms with Crippen LogP contribution in [0.4, 0.5) is 13.2 Å². The highest BCUT2D eigenvalue weighted by molar-refractivity contribution is 6.21. The number of hydrogen-bond donors (Lipinski definition) is 3. The lowest BCUT2D eigenvalue weighted by Crippen LogP contribution is -2.65. The van der Waals surface area contributed by atoms with Crippen molar-refractivity contribution in [3.05, 3.63) is 0 Å². The zero-order valence-corrected chi connectivity index (χ0v) is 62.1. The molecule has 0 aromatic heterocycles. The number of morpholine rings is 1. The summed E-state index contributed by atoms with van der Waals surface area (Å²) in [5, 5.41) is 7.62. The predicted molar refractivity (Wildman–Crippen MR) is 369 cm³/mol. The topological polar surface area (TPSA) is 279 Å². The van der Waals surface area contributed by atoms with Crippen molar-refractivity contribution in [3.8, 4) is 0 Å². The van der Waals surface area contributed by atoms with Gasteiger partial charge in [-0.1, -0.05) is 91.4 Å². The first-order valence-electron chi connectivity index (χ1n) is 37.4. The Morgan fingerprint density at radius 1 is 0.604 bits per heavy atom. The smallest absolute Gasteiger partial charge is 0.377 e. The summed E-state index contributed by atoms with van der Waals surface area (Å²) >= 11 is 6.41. The number of likely N-dealkylation sites (N-methyl/N-ethyl adjacent to an activating group) is 7. The lowest BCUT2D eigenvalue weighted by molar-refractivity contribution is -0.182. The summed E-state index contributed by atoms with van der Waals surface area (Å²) in [5.41, 5.74) is -1.56. The molecule has 568 valence electrons. The van der Waals surface area contributed by atoms with Gasteiger partial charge in [0.2, 0.25) is 70.9 Å². The van der Waals surface area contributed by atoms with Crippen LogP contribution in [0.15, 0.2) is 0 Å². The molecule has 25 nitrogen and oxygen atoms in total. The van der Waals surface area contributed by atoms with Crippen LogP contribution in [-0.4, -0.2) is 275 Å². The van der Waals surface area contributed by atoms with E-state index in [4.69, 9.17) is 16.3 Å². The maximum absolute atomic E-state index is 15.9. The van der Waals surface area contributed by atoms with E-state index < -0.39 is 174 Å². The third kappa shape index (κ3) is 19.2. The largest absolute Gasteiger partial charge is 0.393 e. The fraction of sp³-hybridized carbons (Fsp3) is 0.833. The van der Waals surface area contributed by atoms with E-state index in [0.717, 1.165) is 59.6 Å². The summed E-state index contributed by atoms with van der Waals surface area (Å²) in [6.07, 6.45) is 6.26. The number of ether oxygens (including phenoxy) is 1. The highest BCUT2D eigenvalue weighted by Crippen LogP contribution is 2.44. The van der Waals surface area contributed by atoms with Gasteiger partial charge in [0.15, 0.2) is 0 Å². The Bertz CT molecular complexity index is 2970. The third-order valence-corrected chi connectivity index (χ3v) is 24.4. The van der Waals surface area contributed by atoms with Gasteiger partial charge < -0.3 is 64.8 Å². The molecule has 0 aromatic carbocycles. The average molecular weight is 1450 g/mol. The Balaban J connectivity index is 1.16. The van der Waals surface area contributed by atoms with Crippen molar-refractivity contribution in [1.29, 1.82) is 0 Å². The van der Waals surface area contributed by atoms with Gasteiger partial charge in [-0.05, 0) is 120 Å². The van der Waals surface area contributed by atoms with Crippen LogP contribution in [0, 0.1) is 29.6 Å². The molecule has 29 heteroatoms. The maximum atomic E-state index is 15.9. The number of rotatable bonds is 11. The Morgan fingerprint density at radius 3 is 1.83 bits per heavy atom. The number of fused-ring (bicyclic) bond motifs is 3. The first-order valence-corrected chi connectivity index (χ1v) is 37.9. The van der Waals surface area contributed by atoms with Gasteiger partial charge in [0.25, 0.3) is 0 Å². The Kier molecular flexibility index (Phi) is 28.2. The van der Waals surface area contributed by atoms with Crippen molar-refractivity contribution in [1.82, 2.24) is 60.0 Å². The molecule has 4 saturated carbocycles. The molecule has 0 aromatic rings. The lowest BCUT2D eigenvalue weighted by atomic mass is 9.78. The second-order valence-electron chi connectivity index (χ2n) is 30.8. The van der Waals surface area contributed by atoms with Crippen LogP contribution < -0.4 is 16.0 Å². The fourth-order valence-electron chi connectivity index (χ4n) is 17.4. The highest BCUT2D eigenvalue weighted by atomic mass is 35.5. The van der Waals surface area contributed by atoms with Crippen LogP contribution in [0.2, 0.25) is 0 Å². The maximum Gasteiger partial charge on any atom is 0.393 e. The quantitative estimate of drug-likeness (QED) is 0.224. The van der Waals surface area contributed by atoms with Gasteiger partial charge >= 0.3 is 6.18 Å². The van der Waals surface area contributed by atoms with Crippen LogP contribution in [0.5, 0.6) is 0 Å². The van der Waals surface area contributed by atoms with Crippen molar-refractivity contribution in [2.45, 2.75) is 266 Å². The van der Waals surface area contributed by atoms with Crippen LogP contribution >= 0.6 is 11.6 Å². The van der Waals surface area contributed by atoms with E-state index in [1.165, 1.54) is 73.8 Å². The summed E-state index contributed by atoms with van der Waals surface area (Å²) in [4.78, 5) is 192. The van der Waals surface area contributed by atoms with Gasteiger partial charge in [0.05, 0.1) is 57.3 Å². The van der Waals surface area contributed by atoms with Gasteiger partial charge in [-0.25, -0.2) is 0 Å². The SMILES string of the molecule is CCC[C@H]1C(=O)N[C@@H]([C@@H](C)CC)C(=O)N(C)CC(=O)N(C)CC(=O)N(C)[C@@H](CC2CCCC2)C(=O)N(C)CC(=O)N[C@@H](CCC2CCC(C(F)(F)F)C(Cl)C2)C(=O)N2CCC[C@H]2C(=O)NC2(CCCC2)C(=O)N(C)[C@@H](C2CCCCC2)C(=O)N(C)[C@H](C(=O)N2C3CCC2COC3)CC(=O)N1C. The van der Waals surface area contributed by atoms with Crippen LogP contribution in [0.1, 0.15) is 194 Å².